The lowest BCUT2D eigenvalue weighted by molar-refractivity contribution is 0.111. The van der Waals surface area contributed by atoms with E-state index < -0.39 is 11.6 Å². The van der Waals surface area contributed by atoms with E-state index in [0.717, 1.165) is 0 Å². The number of ether oxygens (including phenoxy) is 1. The van der Waals surface area contributed by atoms with Gasteiger partial charge in [0.15, 0.2) is 12.1 Å². The molecule has 2 rings (SSSR count). The highest BCUT2D eigenvalue weighted by molar-refractivity contribution is 5.71. The molecule has 0 saturated heterocycles. The summed E-state index contributed by atoms with van der Waals surface area (Å²) in [5, 5.41) is 21.1. The topological polar surface area (TPSA) is 125 Å². The first-order chi connectivity index (χ1) is 13.3. The average molecular weight is 382 g/mol. The van der Waals surface area contributed by atoms with Crippen molar-refractivity contribution in [1.82, 2.24) is 15.3 Å². The lowest BCUT2D eigenvalue weighted by Crippen LogP contribution is -2.50. The Hall–Kier alpha value is -3.47. The van der Waals surface area contributed by atoms with Gasteiger partial charge in [0.1, 0.15) is 18.4 Å². The molecule has 0 aliphatic carbocycles. The number of rotatable bonds is 8. The maximum absolute atomic E-state index is 11.1. The smallest absolute Gasteiger partial charge is 0.405 e. The Kier molecular flexibility index (Phi) is 6.66. The third-order valence-corrected chi connectivity index (χ3v) is 3.99. The van der Waals surface area contributed by atoms with Crippen molar-refractivity contribution in [3.8, 4) is 23.1 Å². The van der Waals surface area contributed by atoms with Crippen LogP contribution in [0.25, 0.3) is 11.3 Å². The molecule has 1 aromatic heterocycles. The number of carboxylic acid groups (broad SMARTS) is 1. The SMILES string of the molecule is CC(C)CC(C)(COc1ccc(-c2ccnc(C=O)n2)cc1C#N)NC(=O)O. The quantitative estimate of drug-likeness (QED) is 0.671. The summed E-state index contributed by atoms with van der Waals surface area (Å²) in [7, 11) is 0. The number of carbonyl (C=O) groups excluding carboxylic acids is 1. The van der Waals surface area contributed by atoms with Crippen molar-refractivity contribution in [3.63, 3.8) is 0 Å². The van der Waals surface area contributed by atoms with Crippen LogP contribution in [0.3, 0.4) is 0 Å². The van der Waals surface area contributed by atoms with Gasteiger partial charge in [-0.25, -0.2) is 14.8 Å². The van der Waals surface area contributed by atoms with Crippen molar-refractivity contribution in [3.05, 3.63) is 41.9 Å². The Labute approximate surface area is 163 Å². The summed E-state index contributed by atoms with van der Waals surface area (Å²) in [6.07, 6.45) is 1.47. The van der Waals surface area contributed by atoms with E-state index in [1.54, 1.807) is 31.2 Å². The van der Waals surface area contributed by atoms with E-state index in [2.05, 4.69) is 21.4 Å². The fourth-order valence-corrected chi connectivity index (χ4v) is 3.04. The van der Waals surface area contributed by atoms with E-state index in [1.165, 1.54) is 6.20 Å². The first-order valence-corrected chi connectivity index (χ1v) is 8.73. The Morgan fingerprint density at radius 3 is 2.79 bits per heavy atom. The Balaban J connectivity index is 2.25. The van der Waals surface area contributed by atoms with Crippen molar-refractivity contribution in [2.45, 2.75) is 32.7 Å². The van der Waals surface area contributed by atoms with Gasteiger partial charge in [0.2, 0.25) is 0 Å². The Bertz CT molecular complexity index is 907. The molecule has 1 heterocycles. The minimum atomic E-state index is -1.13. The van der Waals surface area contributed by atoms with Gasteiger partial charge in [-0.1, -0.05) is 13.8 Å². The number of hydrogen-bond donors (Lipinski definition) is 2. The van der Waals surface area contributed by atoms with E-state index in [0.29, 0.717) is 29.7 Å². The third kappa shape index (κ3) is 5.51. The molecule has 0 spiro atoms. The summed E-state index contributed by atoms with van der Waals surface area (Å²) in [5.74, 6) is 0.654. The summed E-state index contributed by atoms with van der Waals surface area (Å²) >= 11 is 0. The number of aldehydes is 1. The first-order valence-electron chi connectivity index (χ1n) is 8.73. The van der Waals surface area contributed by atoms with Gasteiger partial charge in [-0.3, -0.25) is 4.79 Å². The molecule has 8 heteroatoms. The zero-order valence-electron chi connectivity index (χ0n) is 16.0. The molecule has 1 atom stereocenters. The van der Waals surface area contributed by atoms with E-state index >= 15 is 0 Å². The highest BCUT2D eigenvalue weighted by Gasteiger charge is 2.29. The van der Waals surface area contributed by atoms with Crippen LogP contribution in [0.15, 0.2) is 30.5 Å². The summed E-state index contributed by atoms with van der Waals surface area (Å²) in [6, 6.07) is 8.68. The van der Waals surface area contributed by atoms with Gasteiger partial charge in [-0.2, -0.15) is 5.26 Å². The maximum Gasteiger partial charge on any atom is 0.405 e. The van der Waals surface area contributed by atoms with Crippen LogP contribution in [-0.2, 0) is 0 Å². The van der Waals surface area contributed by atoms with Crippen molar-refractivity contribution in [1.29, 1.82) is 5.26 Å². The Morgan fingerprint density at radius 1 is 1.43 bits per heavy atom. The molecular formula is C20H22N4O4. The third-order valence-electron chi connectivity index (χ3n) is 3.99. The first kappa shape index (κ1) is 20.8. The molecule has 0 radical (unpaired) electrons. The van der Waals surface area contributed by atoms with Gasteiger partial charge >= 0.3 is 6.09 Å². The number of nitriles is 1. The molecule has 0 bridgehead atoms. The number of aromatic nitrogens is 2. The van der Waals surface area contributed by atoms with Gasteiger partial charge in [-0.15, -0.1) is 0 Å². The molecule has 1 amide bonds. The van der Waals surface area contributed by atoms with Crippen molar-refractivity contribution in [2.75, 3.05) is 6.61 Å². The van der Waals surface area contributed by atoms with E-state index in [1.807, 2.05) is 13.8 Å². The van der Waals surface area contributed by atoms with Crippen molar-refractivity contribution in [2.24, 2.45) is 5.92 Å². The fraction of sp³-hybridized carbons (Fsp3) is 0.350. The summed E-state index contributed by atoms with van der Waals surface area (Å²) in [4.78, 5) is 29.9. The summed E-state index contributed by atoms with van der Waals surface area (Å²) in [6.45, 7) is 5.83. The Morgan fingerprint density at radius 2 is 2.18 bits per heavy atom. The van der Waals surface area contributed by atoms with Crippen LogP contribution in [-0.4, -0.2) is 39.6 Å². The lowest BCUT2D eigenvalue weighted by Gasteiger charge is -2.31. The molecule has 146 valence electrons. The minimum Gasteiger partial charge on any atom is -0.490 e. The van der Waals surface area contributed by atoms with Crippen LogP contribution in [0.5, 0.6) is 5.75 Å². The van der Waals surface area contributed by atoms with Crippen LogP contribution in [0.1, 0.15) is 43.4 Å². The van der Waals surface area contributed by atoms with Crippen LogP contribution < -0.4 is 10.1 Å². The number of amides is 1. The predicted octanol–water partition coefficient (Wildman–Crippen LogP) is 3.28. The van der Waals surface area contributed by atoms with Crippen molar-refractivity contribution >= 4 is 12.4 Å². The number of carbonyl (C=O) groups is 2. The molecule has 0 aliphatic heterocycles. The van der Waals surface area contributed by atoms with E-state index in [4.69, 9.17) is 9.84 Å². The number of hydrogen-bond acceptors (Lipinski definition) is 6. The zero-order valence-corrected chi connectivity index (χ0v) is 16.0. The monoisotopic (exact) mass is 382 g/mol. The van der Waals surface area contributed by atoms with Gasteiger partial charge in [-0.05, 0) is 43.5 Å². The molecule has 1 unspecified atom stereocenters. The fourth-order valence-electron chi connectivity index (χ4n) is 3.04. The molecule has 1 aromatic carbocycles. The minimum absolute atomic E-state index is 0.0560. The number of nitrogens with zero attached hydrogens (tertiary/aromatic N) is 3. The van der Waals surface area contributed by atoms with Gasteiger partial charge < -0.3 is 15.2 Å². The molecule has 2 N–H and O–H groups in total. The van der Waals surface area contributed by atoms with Gasteiger partial charge in [0.05, 0.1) is 16.8 Å². The van der Waals surface area contributed by atoms with Gasteiger partial charge in [0.25, 0.3) is 0 Å². The average Bonchev–Trinajstić information content (AvgIpc) is 2.65. The molecule has 8 nitrogen and oxygen atoms in total. The largest absolute Gasteiger partial charge is 0.490 e. The van der Waals surface area contributed by atoms with E-state index in [-0.39, 0.29) is 23.9 Å². The standard InChI is InChI=1S/C20H22N4O4/c1-13(2)9-20(3,24-19(26)27)12-28-17-5-4-14(8-15(17)10-21)16-6-7-22-18(11-25)23-16/h4-8,11,13,24H,9,12H2,1-3H3,(H,26,27). The van der Waals surface area contributed by atoms with Crippen LogP contribution in [0, 0.1) is 17.2 Å². The lowest BCUT2D eigenvalue weighted by atomic mass is 9.91. The zero-order chi connectivity index (χ0) is 20.7. The predicted molar refractivity (Wildman–Crippen MR) is 102 cm³/mol. The second-order valence-corrected chi connectivity index (χ2v) is 7.12. The summed E-state index contributed by atoms with van der Waals surface area (Å²) in [5.41, 5.74) is 0.642. The molecule has 0 fully saturated rings. The normalized spacial score (nSPS) is 12.7. The molecule has 2 aromatic rings. The van der Waals surface area contributed by atoms with Crippen LogP contribution >= 0.6 is 0 Å². The van der Waals surface area contributed by atoms with Crippen molar-refractivity contribution < 1.29 is 19.4 Å². The van der Waals surface area contributed by atoms with E-state index in [9.17, 15) is 14.9 Å². The second-order valence-electron chi connectivity index (χ2n) is 7.12. The highest BCUT2D eigenvalue weighted by Crippen LogP contribution is 2.27. The molecule has 28 heavy (non-hydrogen) atoms. The molecular weight excluding hydrogens is 360 g/mol. The molecule has 0 aliphatic rings. The number of nitrogens with one attached hydrogen (secondary N) is 1. The maximum atomic E-state index is 11.1. The van der Waals surface area contributed by atoms with Crippen LogP contribution in [0.4, 0.5) is 4.79 Å². The molecule has 0 saturated carbocycles. The second kappa shape index (κ2) is 8.95. The number of benzene rings is 1. The van der Waals surface area contributed by atoms with Gasteiger partial charge in [0, 0.05) is 11.8 Å². The highest BCUT2D eigenvalue weighted by atomic mass is 16.5. The van der Waals surface area contributed by atoms with Crippen LogP contribution in [0.2, 0.25) is 0 Å². The summed E-state index contributed by atoms with van der Waals surface area (Å²) < 4.78 is 5.79.